The number of fused-ring (bicyclic) bond motifs is 4. The predicted molar refractivity (Wildman–Crippen MR) is 540 cm³/mol. The number of aldehydes is 1. The van der Waals surface area contributed by atoms with Crippen LogP contribution in [0.5, 0.6) is 0 Å². The lowest BCUT2D eigenvalue weighted by molar-refractivity contribution is -0.171. The van der Waals surface area contributed by atoms with Crippen LogP contribution < -0.4 is 5.73 Å². The summed E-state index contributed by atoms with van der Waals surface area (Å²) in [7, 11) is 9.00. The summed E-state index contributed by atoms with van der Waals surface area (Å²) in [5.41, 5.74) is 8.57. The first-order valence-electron chi connectivity index (χ1n) is 48.2. The highest BCUT2D eigenvalue weighted by atomic mass is 32.1. The topological polar surface area (TPSA) is 358 Å². The van der Waals surface area contributed by atoms with Gasteiger partial charge >= 0.3 is 0 Å². The molecule has 10 aliphatic heterocycles. The monoisotopic (exact) mass is 2050 g/mol. The normalized spacial score (nSPS) is 27.4. The third-order valence-electron chi connectivity index (χ3n) is 27.3. The van der Waals surface area contributed by atoms with Crippen molar-refractivity contribution in [3.63, 3.8) is 0 Å². The van der Waals surface area contributed by atoms with Crippen LogP contribution in [0, 0.1) is 64.6 Å². The van der Waals surface area contributed by atoms with Gasteiger partial charge in [0.1, 0.15) is 60.3 Å². The summed E-state index contributed by atoms with van der Waals surface area (Å²) >= 11 is 5.56. The quantitative estimate of drug-likeness (QED) is 0.00301. The van der Waals surface area contributed by atoms with Crippen molar-refractivity contribution in [3.05, 3.63) is 252 Å². The molecule has 800 valence electrons. The molecule has 35 heteroatoms. The standard InChI is InChI=1S/C22H23FO3S.3C13H15FO2.C12H16FNO2.C8H16O3.C6H9NO2.C6H11NO2.C6H10O2.C5H12O3.C5H10O3/c1-15-22(17(13-24)14-26-15,19-9-5-6-10-20(19)23)12-18(27)11-21(25)16-7-3-2-4-8-16;3*1-9-13(8-15-6-10(13)7-16-9)11-4-2-3-5-12(11)14;1-8-12(14,9(6-15)7-16-8)10-4-2-3-5-11(10)13;1-5-6-11-7(2)8(9-3)10-4;1-4-6-5(2-8-4)3-9-7-6;1-3-4-9-6(2)5-7-8;1-3-4-8-6(2)5-7;2*1-4(6)5(7-2)8-3/h2-10,15,17,24H,11-14H2,1H3;3*2-5,9-10H,6-8H2,1H3;2-5,8-9,15H,6-7,14H2,1H3;5,7-8H,1,6H2,2-4H3;4-5H,2-3H2,1H3;3,5-6,8H,1,4H2,2H3;3,5-6H,1,4H2,2H3;4-6H,1-3H3;5H,1-3H3/b;;;;;;;7-5+;;;/t15-,17+,22+;2*9-,10+,13+;9-,10-,13-;8-,9+,12-;;4?,5-;;;;/m00010.0..../s1. The van der Waals surface area contributed by atoms with Gasteiger partial charge in [0.05, 0.1) is 188 Å². The number of benzene rings is 6. The predicted octanol–water partition coefficient (Wildman–Crippen LogP) is 15.1. The lowest BCUT2D eigenvalue weighted by Crippen LogP contribution is -2.50. The largest absolute Gasteiger partial charge is 0.411 e. The Labute approximate surface area is 850 Å². The van der Waals surface area contributed by atoms with E-state index in [4.69, 9.17) is 99.4 Å². The number of hydrogen-bond acceptors (Lipinski definition) is 30. The summed E-state index contributed by atoms with van der Waals surface area (Å²) < 4.78 is 164. The smallest absolute Gasteiger partial charge is 0.216 e. The first kappa shape index (κ1) is 124. The maximum absolute atomic E-state index is 14.7. The van der Waals surface area contributed by atoms with E-state index in [0.29, 0.717) is 144 Å². The van der Waals surface area contributed by atoms with E-state index in [2.05, 4.69) is 49.0 Å². The molecule has 0 bridgehead atoms. The number of nitrogens with two attached hydrogens (primary N) is 1. The van der Waals surface area contributed by atoms with Gasteiger partial charge in [0.15, 0.2) is 24.1 Å². The zero-order valence-electron chi connectivity index (χ0n) is 86.1. The second-order valence-corrected chi connectivity index (χ2v) is 36.7. The van der Waals surface area contributed by atoms with E-state index in [-0.39, 0.29) is 150 Å². The summed E-state index contributed by atoms with van der Waals surface area (Å²) in [6.07, 6.45) is 4.53. The number of hydrogen-bond donors (Lipinski definition) is 5. The van der Waals surface area contributed by atoms with Gasteiger partial charge in [-0.05, 0) is 135 Å². The Bertz CT molecular complexity index is 4690. The molecule has 0 saturated carbocycles. The Hall–Kier alpha value is -8.65. The van der Waals surface area contributed by atoms with E-state index in [9.17, 15) is 46.5 Å². The van der Waals surface area contributed by atoms with Crippen molar-refractivity contribution >= 4 is 46.9 Å². The number of ketones is 2. The second kappa shape index (κ2) is 63.2. The Morgan fingerprint density at radius 1 is 0.493 bits per heavy atom. The number of nitrogens with zero attached hydrogens (tertiary/aromatic N) is 2. The van der Waals surface area contributed by atoms with Crippen LogP contribution in [0.4, 0.5) is 22.0 Å². The maximum Gasteiger partial charge on any atom is 0.216 e. The molecule has 0 aliphatic carbocycles. The van der Waals surface area contributed by atoms with Crippen LogP contribution in [0.15, 0.2) is 200 Å². The zero-order valence-corrected chi connectivity index (χ0v) is 86.9. The number of Topliss-reactive ketones (excluding diaryl/α,β-unsaturated/α-hetero) is 2. The number of aliphatic hydroxyl groups excluding tert-OH is 3. The molecule has 6 N–H and O–H groups in total. The number of oxime groups is 2. The molecule has 29 nitrogen and oxygen atoms in total. The summed E-state index contributed by atoms with van der Waals surface area (Å²) in [6.45, 7) is 39.7. The number of ether oxygens (including phenoxy) is 18. The SMILES string of the molecule is C=CCOC(C)/C=N/O.C=CCOC(C)C(OC)OC.C=CCOC(C)C=O.CC1OC[C@H]2CON=C12.COC(OC)C(C)=O.COC(OC)C(C)O.C[C@@H]1OC[C@@H](CO)[C@]1(CC(=S)CC(=O)c1ccccc1)c1ccccc1F.C[C@@H]1OC[C@@H](CO)[C@]1(N)c1ccccc1F.C[C@@H]1OC[C@H]2COC[C@]21c1ccccc1F.C[C@@H]1OC[C@H]2COC[C@]21c1ccccc1F.C[C@H]1OC[C@H]2COC[C@]21c1ccccc1F. The summed E-state index contributed by atoms with van der Waals surface area (Å²) in [6, 6.07) is 42.9. The van der Waals surface area contributed by atoms with Gasteiger partial charge in [-0.2, -0.15) is 0 Å². The molecule has 0 amide bonds. The minimum atomic E-state index is -0.944. The fourth-order valence-corrected chi connectivity index (χ4v) is 19.5. The van der Waals surface area contributed by atoms with Gasteiger partial charge in [-0.1, -0.05) is 162 Å². The van der Waals surface area contributed by atoms with Crippen molar-refractivity contribution in [2.75, 3.05) is 162 Å². The summed E-state index contributed by atoms with van der Waals surface area (Å²) in [5, 5.41) is 42.7. The molecule has 16 rings (SSSR count). The van der Waals surface area contributed by atoms with Crippen LogP contribution in [0.3, 0.4) is 0 Å². The van der Waals surface area contributed by atoms with Crippen LogP contribution >= 0.6 is 12.2 Å². The van der Waals surface area contributed by atoms with E-state index in [0.717, 1.165) is 41.9 Å². The first-order chi connectivity index (χ1) is 69.0. The van der Waals surface area contributed by atoms with E-state index in [1.807, 2.05) is 103 Å². The van der Waals surface area contributed by atoms with Crippen LogP contribution in [0.25, 0.3) is 0 Å². The van der Waals surface area contributed by atoms with Gasteiger partial charge in [-0.15, -0.1) is 19.7 Å². The third kappa shape index (κ3) is 32.7. The Kier molecular flexibility index (Phi) is 54.5. The molecule has 144 heavy (non-hydrogen) atoms. The molecule has 6 aromatic carbocycles. The lowest BCUT2D eigenvalue weighted by atomic mass is 9.65. The average molecular weight is 2050 g/mol. The molecule has 0 radical (unpaired) electrons. The van der Waals surface area contributed by atoms with Crippen LogP contribution in [-0.4, -0.2) is 297 Å². The highest BCUT2D eigenvalue weighted by Crippen LogP contribution is 2.52. The first-order valence-corrected chi connectivity index (χ1v) is 48.6. The molecule has 5 unspecified atom stereocenters. The van der Waals surface area contributed by atoms with Crippen LogP contribution in [-0.2, 0) is 127 Å². The van der Waals surface area contributed by atoms with Crippen LogP contribution in [0.1, 0.15) is 127 Å². The molecule has 9 fully saturated rings. The van der Waals surface area contributed by atoms with Gasteiger partial charge in [0, 0.05) is 107 Å². The van der Waals surface area contributed by atoms with E-state index in [1.54, 1.807) is 120 Å². The van der Waals surface area contributed by atoms with Crippen molar-refractivity contribution < 1.29 is 147 Å². The number of carbonyl (C=O) groups is 3. The van der Waals surface area contributed by atoms with Gasteiger partial charge < -0.3 is 121 Å². The summed E-state index contributed by atoms with van der Waals surface area (Å²) in [4.78, 5) is 38.2. The molecular weight excluding hydrogens is 1890 g/mol. The highest BCUT2D eigenvalue weighted by Gasteiger charge is 2.59. The molecule has 0 aromatic heterocycles. The number of rotatable bonds is 32. The molecule has 21 atom stereocenters. The zero-order chi connectivity index (χ0) is 106. The van der Waals surface area contributed by atoms with Gasteiger partial charge in [-0.3, -0.25) is 9.59 Å². The molecule has 6 aromatic rings. The number of carbonyl (C=O) groups excluding carboxylic acids is 3. The minimum Gasteiger partial charge on any atom is -0.411 e. The van der Waals surface area contributed by atoms with E-state index < -0.39 is 29.6 Å². The van der Waals surface area contributed by atoms with Crippen molar-refractivity contribution in [1.82, 2.24) is 0 Å². The van der Waals surface area contributed by atoms with E-state index in [1.165, 1.54) is 71.9 Å². The van der Waals surface area contributed by atoms with Crippen molar-refractivity contribution in [2.45, 2.75) is 196 Å². The number of methoxy groups -OCH3 is 6. The average Bonchev–Trinajstić information content (AvgIpc) is 1.59. The van der Waals surface area contributed by atoms with Crippen LogP contribution in [0.2, 0.25) is 0 Å². The minimum absolute atomic E-state index is 0.0249. The van der Waals surface area contributed by atoms with Gasteiger partial charge in [0.2, 0.25) is 6.29 Å². The maximum atomic E-state index is 14.7. The molecular formula is C109H152F5N3O26S. The fraction of sp³-hybridized carbons (Fsp3) is 0.560. The number of halogens is 5. The second-order valence-electron chi connectivity index (χ2n) is 36.1. The van der Waals surface area contributed by atoms with E-state index >= 15 is 0 Å². The Balaban J connectivity index is 0.000000248. The fourth-order valence-electron chi connectivity index (χ4n) is 19.1. The highest BCUT2D eigenvalue weighted by molar-refractivity contribution is 7.80. The molecule has 0 spiro atoms. The molecule has 10 aliphatic rings. The lowest BCUT2D eigenvalue weighted by Gasteiger charge is -2.38. The third-order valence-corrected chi connectivity index (χ3v) is 27.6. The Morgan fingerprint density at radius 2 is 0.875 bits per heavy atom. The van der Waals surface area contributed by atoms with Crippen molar-refractivity contribution in [1.29, 1.82) is 0 Å². The number of thiocarbonyl (C=S) groups is 1. The van der Waals surface area contributed by atoms with Gasteiger partial charge in [-0.25, -0.2) is 22.0 Å². The van der Waals surface area contributed by atoms with Gasteiger partial charge in [0.25, 0.3) is 0 Å². The molecule has 10 heterocycles. The Morgan fingerprint density at radius 3 is 1.24 bits per heavy atom. The summed E-state index contributed by atoms with van der Waals surface area (Å²) in [5.74, 6) is -0.509. The number of aliphatic hydroxyl groups is 3. The van der Waals surface area contributed by atoms with Crippen molar-refractivity contribution in [3.8, 4) is 0 Å². The molecule has 9 saturated heterocycles. The van der Waals surface area contributed by atoms with Crippen molar-refractivity contribution in [2.24, 2.45) is 51.6 Å².